The van der Waals surface area contributed by atoms with E-state index in [9.17, 15) is 26.4 Å². The Bertz CT molecular complexity index is 898. The monoisotopic (exact) mass is 388 g/mol. The van der Waals surface area contributed by atoms with E-state index in [0.29, 0.717) is 0 Å². The smallest absolute Gasteiger partial charge is 0.404 e. The molecule has 0 aliphatic heterocycles. The van der Waals surface area contributed by atoms with Gasteiger partial charge in [0.05, 0.1) is 22.8 Å². The van der Waals surface area contributed by atoms with Crippen molar-refractivity contribution in [3.63, 3.8) is 0 Å². The van der Waals surface area contributed by atoms with Crippen LogP contribution in [-0.2, 0) is 14.6 Å². The summed E-state index contributed by atoms with van der Waals surface area (Å²) in [7, 11) is -3.55. The van der Waals surface area contributed by atoms with Gasteiger partial charge in [-0.1, -0.05) is 24.3 Å². The summed E-state index contributed by atoms with van der Waals surface area (Å²) in [5.41, 5.74) is 0.0537. The van der Waals surface area contributed by atoms with Crippen molar-refractivity contribution >= 4 is 27.1 Å². The summed E-state index contributed by atoms with van der Waals surface area (Å²) in [5.74, 6) is -1.12. The number of ether oxygens (including phenoxy) is 1. The van der Waals surface area contributed by atoms with E-state index in [0.717, 1.165) is 12.3 Å². The first-order chi connectivity index (χ1) is 12.1. The van der Waals surface area contributed by atoms with Crippen molar-refractivity contribution in [3.8, 4) is 5.75 Å². The molecule has 0 aliphatic rings. The predicted octanol–water partition coefficient (Wildman–Crippen LogP) is 3.04. The van der Waals surface area contributed by atoms with Gasteiger partial charge < -0.3 is 15.4 Å². The van der Waals surface area contributed by atoms with Gasteiger partial charge in [0.2, 0.25) is 5.91 Å². The molecule has 2 aromatic carbocycles. The van der Waals surface area contributed by atoms with Crippen molar-refractivity contribution in [1.82, 2.24) is 0 Å². The lowest BCUT2D eigenvalue weighted by molar-refractivity contribution is -0.274. The number of benzene rings is 2. The first kappa shape index (κ1) is 19.6. The second-order valence-electron chi connectivity index (χ2n) is 5.21. The summed E-state index contributed by atoms with van der Waals surface area (Å²) in [4.78, 5) is 12.0. The molecule has 0 aliphatic carbocycles. The molecule has 0 bridgehead atoms. The van der Waals surface area contributed by atoms with Crippen LogP contribution < -0.4 is 15.4 Å². The van der Waals surface area contributed by atoms with E-state index in [1.165, 1.54) is 36.4 Å². The fourth-order valence-electron chi connectivity index (χ4n) is 2.09. The molecule has 1 amide bonds. The molecule has 0 unspecified atom stereocenters. The molecule has 0 atom stereocenters. The molecule has 2 N–H and O–H groups in total. The number of halogens is 3. The predicted molar refractivity (Wildman–Crippen MR) is 89.8 cm³/mol. The molecule has 0 aromatic heterocycles. The quantitative estimate of drug-likeness (QED) is 0.795. The van der Waals surface area contributed by atoms with E-state index < -0.39 is 34.4 Å². The Labute approximate surface area is 147 Å². The van der Waals surface area contributed by atoms with Crippen LogP contribution in [0.4, 0.5) is 24.5 Å². The van der Waals surface area contributed by atoms with Crippen LogP contribution in [-0.4, -0.2) is 33.5 Å². The van der Waals surface area contributed by atoms with Crippen molar-refractivity contribution in [2.24, 2.45) is 0 Å². The number of amides is 1. The van der Waals surface area contributed by atoms with E-state index in [1.54, 1.807) is 6.07 Å². The highest BCUT2D eigenvalue weighted by Crippen LogP contribution is 2.29. The average Bonchev–Trinajstić information content (AvgIpc) is 2.52. The first-order valence-electron chi connectivity index (χ1n) is 7.24. The molecule has 26 heavy (non-hydrogen) atoms. The second kappa shape index (κ2) is 7.65. The molecule has 10 heteroatoms. The highest BCUT2D eigenvalue weighted by molar-refractivity contribution is 7.90. The van der Waals surface area contributed by atoms with Gasteiger partial charge in [-0.25, -0.2) is 8.42 Å². The maximum atomic E-state index is 12.4. The van der Waals surface area contributed by atoms with Gasteiger partial charge in [0.15, 0.2) is 15.6 Å². The van der Waals surface area contributed by atoms with Gasteiger partial charge in [0.1, 0.15) is 0 Å². The van der Waals surface area contributed by atoms with Crippen molar-refractivity contribution in [2.75, 3.05) is 23.4 Å². The van der Waals surface area contributed by atoms with Crippen LogP contribution >= 0.6 is 0 Å². The van der Waals surface area contributed by atoms with Crippen LogP contribution in [0.3, 0.4) is 0 Å². The van der Waals surface area contributed by atoms with Gasteiger partial charge >= 0.3 is 6.36 Å². The summed E-state index contributed by atoms with van der Waals surface area (Å²) in [6.45, 7) is -0.393. The SMILES string of the molecule is CS(=O)(=O)c1ccccc1NC(=O)CNc1ccccc1OC(F)(F)F. The summed E-state index contributed by atoms with van der Waals surface area (Å²) in [5, 5.41) is 4.94. The van der Waals surface area contributed by atoms with E-state index in [4.69, 9.17) is 0 Å². The van der Waals surface area contributed by atoms with Crippen LogP contribution in [0.15, 0.2) is 53.4 Å². The zero-order valence-corrected chi connectivity index (χ0v) is 14.3. The lowest BCUT2D eigenvalue weighted by Gasteiger charge is -2.15. The van der Waals surface area contributed by atoms with E-state index >= 15 is 0 Å². The van der Waals surface area contributed by atoms with Gasteiger partial charge in [0.25, 0.3) is 0 Å². The number of para-hydroxylation sites is 3. The molecule has 0 heterocycles. The lowest BCUT2D eigenvalue weighted by atomic mass is 10.3. The number of carbonyl (C=O) groups is 1. The zero-order valence-electron chi connectivity index (χ0n) is 13.5. The highest BCUT2D eigenvalue weighted by Gasteiger charge is 2.32. The number of hydrogen-bond acceptors (Lipinski definition) is 5. The van der Waals surface area contributed by atoms with E-state index in [2.05, 4.69) is 15.4 Å². The molecule has 2 rings (SSSR count). The molecule has 0 radical (unpaired) electrons. The summed E-state index contributed by atoms with van der Waals surface area (Å²) >= 11 is 0. The molecule has 0 spiro atoms. The van der Waals surface area contributed by atoms with Gasteiger partial charge in [-0.3, -0.25) is 4.79 Å². The van der Waals surface area contributed by atoms with Gasteiger partial charge in [-0.05, 0) is 24.3 Å². The minimum absolute atomic E-state index is 0.0311. The Morgan fingerprint density at radius 3 is 2.23 bits per heavy atom. The molecule has 0 saturated carbocycles. The number of carbonyl (C=O) groups excluding carboxylic acids is 1. The minimum Gasteiger partial charge on any atom is -0.404 e. The van der Waals surface area contributed by atoms with Crippen LogP contribution in [0, 0.1) is 0 Å². The fourth-order valence-corrected chi connectivity index (χ4v) is 2.93. The second-order valence-corrected chi connectivity index (χ2v) is 7.20. The van der Waals surface area contributed by atoms with Crippen molar-refractivity contribution in [3.05, 3.63) is 48.5 Å². The topological polar surface area (TPSA) is 84.5 Å². The molecule has 0 saturated heterocycles. The molecule has 2 aromatic rings. The number of sulfone groups is 1. The molecular formula is C16H15F3N2O4S. The maximum absolute atomic E-state index is 12.4. The summed E-state index contributed by atoms with van der Waals surface area (Å²) in [6.07, 6.45) is -3.87. The van der Waals surface area contributed by atoms with E-state index in [-0.39, 0.29) is 16.3 Å². The number of nitrogens with one attached hydrogen (secondary N) is 2. The molecular weight excluding hydrogens is 373 g/mol. The number of alkyl halides is 3. The van der Waals surface area contributed by atoms with Crippen LogP contribution in [0.2, 0.25) is 0 Å². The molecule has 0 fully saturated rings. The Morgan fingerprint density at radius 2 is 1.62 bits per heavy atom. The van der Waals surface area contributed by atoms with Crippen LogP contribution in [0.5, 0.6) is 5.75 Å². The number of rotatable bonds is 6. The summed E-state index contributed by atoms with van der Waals surface area (Å²) < 4.78 is 64.4. The number of hydrogen-bond donors (Lipinski definition) is 2. The van der Waals surface area contributed by atoms with Crippen molar-refractivity contribution in [2.45, 2.75) is 11.3 Å². The van der Waals surface area contributed by atoms with Crippen LogP contribution in [0.25, 0.3) is 0 Å². The first-order valence-corrected chi connectivity index (χ1v) is 9.13. The standard InChI is InChI=1S/C16H15F3N2O4S/c1-26(23,24)14-9-5-3-7-12(14)21-15(22)10-20-11-6-2-4-8-13(11)25-16(17,18)19/h2-9,20H,10H2,1H3,(H,21,22). The highest BCUT2D eigenvalue weighted by atomic mass is 32.2. The van der Waals surface area contributed by atoms with Crippen molar-refractivity contribution in [1.29, 1.82) is 0 Å². The minimum atomic E-state index is -4.87. The third kappa shape index (κ3) is 5.66. The molecule has 6 nitrogen and oxygen atoms in total. The Morgan fingerprint density at radius 1 is 1.04 bits per heavy atom. The largest absolute Gasteiger partial charge is 0.573 e. The third-order valence-corrected chi connectivity index (χ3v) is 4.27. The Kier molecular flexibility index (Phi) is 5.76. The lowest BCUT2D eigenvalue weighted by Crippen LogP contribution is -2.24. The average molecular weight is 388 g/mol. The summed E-state index contributed by atoms with van der Waals surface area (Å²) in [6, 6.07) is 11.1. The van der Waals surface area contributed by atoms with E-state index in [1.807, 2.05) is 0 Å². The normalized spacial score (nSPS) is 11.7. The number of anilines is 2. The Balaban J connectivity index is 2.08. The fraction of sp³-hybridized carbons (Fsp3) is 0.188. The Hall–Kier alpha value is -2.75. The molecule has 140 valence electrons. The maximum Gasteiger partial charge on any atom is 0.573 e. The van der Waals surface area contributed by atoms with Gasteiger partial charge in [-0.15, -0.1) is 13.2 Å². The van der Waals surface area contributed by atoms with Crippen molar-refractivity contribution < 1.29 is 31.1 Å². The zero-order chi connectivity index (χ0) is 19.4. The van der Waals surface area contributed by atoms with Gasteiger partial charge in [0, 0.05) is 6.26 Å². The van der Waals surface area contributed by atoms with Gasteiger partial charge in [-0.2, -0.15) is 0 Å². The third-order valence-electron chi connectivity index (χ3n) is 3.11. The van der Waals surface area contributed by atoms with Crippen LogP contribution in [0.1, 0.15) is 0 Å².